The van der Waals surface area contributed by atoms with Crippen molar-refractivity contribution in [2.24, 2.45) is 0 Å². The van der Waals surface area contributed by atoms with Crippen LogP contribution in [0, 0.1) is 5.82 Å². The molecule has 2 aromatic rings. The molecule has 0 radical (unpaired) electrons. The van der Waals surface area contributed by atoms with E-state index in [1.807, 2.05) is 0 Å². The first-order chi connectivity index (χ1) is 8.09. The number of rotatable bonds is 3. The summed E-state index contributed by atoms with van der Waals surface area (Å²) in [6.45, 7) is 0. The number of Topliss-reactive ketones (excluding diaryl/α,β-unsaturated/α-hetero) is 1. The van der Waals surface area contributed by atoms with E-state index in [9.17, 15) is 14.0 Å². The van der Waals surface area contributed by atoms with Crippen LogP contribution in [0.1, 0.15) is 9.80 Å². The molecule has 1 heterocycles. The molecule has 0 aliphatic rings. The Kier molecular flexibility index (Phi) is 2.97. The van der Waals surface area contributed by atoms with Gasteiger partial charge in [-0.1, -0.05) is 12.1 Å². The number of carbonyl (C=O) groups is 2. The van der Waals surface area contributed by atoms with Crippen LogP contribution in [0.5, 0.6) is 0 Å². The highest BCUT2D eigenvalue weighted by Gasteiger charge is 2.19. The maximum absolute atomic E-state index is 13.4. The normalized spacial score (nSPS) is 10.2. The van der Waals surface area contributed by atoms with E-state index in [2.05, 4.69) is 4.98 Å². The van der Waals surface area contributed by atoms with Crippen molar-refractivity contribution in [2.75, 3.05) is 0 Å². The van der Waals surface area contributed by atoms with Crippen LogP contribution in [0.4, 0.5) is 4.39 Å². The van der Waals surface area contributed by atoms with Crippen LogP contribution in [0.25, 0.3) is 11.3 Å². The fourth-order valence-electron chi connectivity index (χ4n) is 1.26. The minimum atomic E-state index is -1.57. The van der Waals surface area contributed by atoms with E-state index in [-0.39, 0.29) is 16.3 Å². The highest BCUT2D eigenvalue weighted by Crippen LogP contribution is 2.24. The summed E-state index contributed by atoms with van der Waals surface area (Å²) in [6.07, 6.45) is 0. The van der Waals surface area contributed by atoms with Crippen molar-refractivity contribution in [1.29, 1.82) is 0 Å². The summed E-state index contributed by atoms with van der Waals surface area (Å²) in [6, 6.07) is 5.96. The van der Waals surface area contributed by atoms with Crippen molar-refractivity contribution in [2.45, 2.75) is 0 Å². The largest absolute Gasteiger partial charge is 0.475 e. The summed E-state index contributed by atoms with van der Waals surface area (Å²) >= 11 is 0.881. The Balaban J connectivity index is 2.40. The average Bonchev–Trinajstić information content (AvgIpc) is 2.77. The Morgan fingerprint density at radius 2 is 2.00 bits per heavy atom. The van der Waals surface area contributed by atoms with Crippen molar-refractivity contribution in [3.8, 4) is 11.3 Å². The molecule has 6 heteroatoms. The third-order valence-electron chi connectivity index (χ3n) is 2.04. The van der Waals surface area contributed by atoms with Crippen molar-refractivity contribution in [1.82, 2.24) is 4.98 Å². The number of carboxylic acids is 1. The predicted octanol–water partition coefficient (Wildman–Crippen LogP) is 2.22. The number of ketones is 1. The molecule has 1 aromatic carbocycles. The van der Waals surface area contributed by atoms with E-state index in [1.165, 1.54) is 23.6 Å². The number of aliphatic carboxylic acids is 1. The number of hydrogen-bond acceptors (Lipinski definition) is 4. The molecular weight excluding hydrogens is 245 g/mol. The molecule has 0 fully saturated rings. The molecule has 0 bridgehead atoms. The fourth-order valence-corrected chi connectivity index (χ4v) is 2.01. The lowest BCUT2D eigenvalue weighted by Gasteiger charge is -1.97. The minimum absolute atomic E-state index is 0.157. The van der Waals surface area contributed by atoms with E-state index in [4.69, 9.17) is 5.11 Å². The van der Waals surface area contributed by atoms with Crippen LogP contribution in [-0.2, 0) is 4.79 Å². The highest BCUT2D eigenvalue weighted by molar-refractivity contribution is 7.12. The zero-order chi connectivity index (χ0) is 12.4. The first-order valence-electron chi connectivity index (χ1n) is 4.57. The second-order valence-electron chi connectivity index (χ2n) is 3.15. The second kappa shape index (κ2) is 4.42. The number of carboxylic acid groups (broad SMARTS) is 1. The number of nitrogens with zero attached hydrogens (tertiary/aromatic N) is 1. The van der Waals surface area contributed by atoms with Gasteiger partial charge in [0, 0.05) is 10.9 Å². The van der Waals surface area contributed by atoms with Gasteiger partial charge in [0.25, 0.3) is 5.78 Å². The quantitative estimate of drug-likeness (QED) is 0.671. The standard InChI is InChI=1S/C11H6FNO3S/c12-7-4-2-1-3-6(7)8-5-17-10(13-8)9(14)11(15)16/h1-5H,(H,15,16). The molecule has 0 aliphatic carbocycles. The van der Waals surface area contributed by atoms with Gasteiger partial charge in [0.05, 0.1) is 5.69 Å². The lowest BCUT2D eigenvalue weighted by molar-refractivity contribution is -0.131. The minimum Gasteiger partial charge on any atom is -0.475 e. The first-order valence-corrected chi connectivity index (χ1v) is 5.45. The van der Waals surface area contributed by atoms with Crippen LogP contribution in [0.15, 0.2) is 29.6 Å². The van der Waals surface area contributed by atoms with Gasteiger partial charge in [0.2, 0.25) is 0 Å². The molecule has 0 saturated heterocycles. The molecule has 86 valence electrons. The van der Waals surface area contributed by atoms with Crippen LogP contribution in [-0.4, -0.2) is 21.8 Å². The Hall–Kier alpha value is -2.08. The number of thiazole rings is 1. The van der Waals surface area contributed by atoms with Crippen LogP contribution < -0.4 is 0 Å². The molecule has 0 atom stereocenters. The van der Waals surface area contributed by atoms with Crippen LogP contribution >= 0.6 is 11.3 Å². The molecule has 2 rings (SSSR count). The van der Waals surface area contributed by atoms with Crippen molar-refractivity contribution >= 4 is 23.1 Å². The summed E-state index contributed by atoms with van der Waals surface area (Å²) in [5.74, 6) is -3.12. The summed E-state index contributed by atoms with van der Waals surface area (Å²) in [5, 5.41) is 9.81. The molecule has 0 unspecified atom stereocenters. The SMILES string of the molecule is O=C(O)C(=O)c1nc(-c2ccccc2F)cs1. The Morgan fingerprint density at radius 3 is 2.65 bits per heavy atom. The zero-order valence-corrected chi connectivity index (χ0v) is 9.20. The molecule has 4 nitrogen and oxygen atoms in total. The van der Waals surface area contributed by atoms with Gasteiger partial charge in [-0.15, -0.1) is 11.3 Å². The molecule has 17 heavy (non-hydrogen) atoms. The molecule has 0 spiro atoms. The number of carbonyl (C=O) groups excluding carboxylic acids is 1. The summed E-state index contributed by atoms with van der Waals surface area (Å²) in [7, 11) is 0. The van der Waals surface area contributed by atoms with Crippen molar-refractivity contribution in [3.63, 3.8) is 0 Å². The molecular formula is C11H6FNO3S. The van der Waals surface area contributed by atoms with Gasteiger partial charge >= 0.3 is 5.97 Å². The van der Waals surface area contributed by atoms with E-state index in [0.717, 1.165) is 11.3 Å². The van der Waals surface area contributed by atoms with Crippen LogP contribution in [0.2, 0.25) is 0 Å². The lowest BCUT2D eigenvalue weighted by Crippen LogP contribution is -2.12. The van der Waals surface area contributed by atoms with Crippen LogP contribution in [0.3, 0.4) is 0 Å². The molecule has 0 saturated carbocycles. The van der Waals surface area contributed by atoms with Gasteiger partial charge in [0.15, 0.2) is 5.01 Å². The summed E-state index contributed by atoms with van der Waals surface area (Å²) in [4.78, 5) is 25.4. The molecule has 1 aromatic heterocycles. The Labute approximate surface area is 99.4 Å². The van der Waals surface area contributed by atoms with E-state index in [1.54, 1.807) is 6.07 Å². The van der Waals surface area contributed by atoms with E-state index in [0.29, 0.717) is 0 Å². The van der Waals surface area contributed by atoms with Crippen molar-refractivity contribution in [3.05, 3.63) is 40.5 Å². The van der Waals surface area contributed by atoms with E-state index >= 15 is 0 Å². The number of benzene rings is 1. The monoisotopic (exact) mass is 251 g/mol. The smallest absolute Gasteiger partial charge is 0.379 e. The maximum atomic E-state index is 13.4. The summed E-state index contributed by atoms with van der Waals surface area (Å²) < 4.78 is 13.4. The van der Waals surface area contributed by atoms with Gasteiger partial charge in [-0.2, -0.15) is 0 Å². The number of aromatic nitrogens is 1. The fraction of sp³-hybridized carbons (Fsp3) is 0. The topological polar surface area (TPSA) is 67.3 Å². The predicted molar refractivity (Wildman–Crippen MR) is 59.5 cm³/mol. The summed E-state index contributed by atoms with van der Waals surface area (Å²) in [5.41, 5.74) is 0.505. The van der Waals surface area contributed by atoms with Gasteiger partial charge in [-0.25, -0.2) is 14.2 Å². The van der Waals surface area contributed by atoms with Crippen molar-refractivity contribution < 1.29 is 19.1 Å². The number of hydrogen-bond donors (Lipinski definition) is 1. The second-order valence-corrected chi connectivity index (χ2v) is 4.01. The Bertz CT molecular complexity index is 594. The molecule has 1 N–H and O–H groups in total. The zero-order valence-electron chi connectivity index (χ0n) is 8.38. The van der Waals surface area contributed by atoms with Gasteiger partial charge in [0.1, 0.15) is 5.82 Å². The molecule has 0 amide bonds. The first kappa shape index (κ1) is 11.4. The third-order valence-corrected chi connectivity index (χ3v) is 2.88. The van der Waals surface area contributed by atoms with E-state index < -0.39 is 17.6 Å². The lowest BCUT2D eigenvalue weighted by atomic mass is 10.1. The molecule has 0 aliphatic heterocycles. The van der Waals surface area contributed by atoms with Gasteiger partial charge in [-0.05, 0) is 12.1 Å². The number of halogens is 1. The highest BCUT2D eigenvalue weighted by atomic mass is 32.1. The Morgan fingerprint density at radius 1 is 1.29 bits per heavy atom. The van der Waals surface area contributed by atoms with Gasteiger partial charge in [-0.3, -0.25) is 4.79 Å². The average molecular weight is 251 g/mol. The third kappa shape index (κ3) is 2.21. The maximum Gasteiger partial charge on any atom is 0.379 e. The van der Waals surface area contributed by atoms with Gasteiger partial charge < -0.3 is 5.11 Å².